The lowest BCUT2D eigenvalue weighted by Crippen LogP contribution is -2.12. The summed E-state index contributed by atoms with van der Waals surface area (Å²) in [4.78, 5) is 0. The van der Waals surface area contributed by atoms with Crippen molar-refractivity contribution in [2.24, 2.45) is 0 Å². The molecule has 0 unspecified atom stereocenters. The van der Waals surface area contributed by atoms with Gasteiger partial charge < -0.3 is 19.5 Å². The molecule has 114 valence electrons. The number of methoxy groups -OCH3 is 1. The average Bonchev–Trinajstić information content (AvgIpc) is 2.46. The van der Waals surface area contributed by atoms with Gasteiger partial charge in [-0.3, -0.25) is 0 Å². The van der Waals surface area contributed by atoms with Gasteiger partial charge in [-0.2, -0.15) is 0 Å². The highest BCUT2D eigenvalue weighted by molar-refractivity contribution is 6.32. The molecule has 0 aliphatic heterocycles. The molecule has 1 N–H and O–H groups in total. The molecule has 0 aromatic heterocycles. The van der Waals surface area contributed by atoms with E-state index >= 15 is 0 Å². The molecule has 1 aromatic rings. The predicted molar refractivity (Wildman–Crippen MR) is 82.0 cm³/mol. The molecule has 0 atom stereocenters. The van der Waals surface area contributed by atoms with Gasteiger partial charge in [0.15, 0.2) is 11.5 Å². The number of nitrogens with one attached hydrogen (secondary N) is 1. The fraction of sp³-hybridized carbons (Fsp3) is 0.600. The molecule has 0 aliphatic carbocycles. The monoisotopic (exact) mass is 301 g/mol. The standard InChI is InChI=1S/C15H24ClNO3/c1-4-17-11-12-9-13(16)15(14(10-12)18-3)20-8-6-7-19-5-2/h9-10,17H,4-8,11H2,1-3H3. The van der Waals surface area contributed by atoms with Crippen molar-refractivity contribution >= 4 is 11.6 Å². The lowest BCUT2D eigenvalue weighted by atomic mass is 10.2. The topological polar surface area (TPSA) is 39.7 Å². The third-order valence-corrected chi connectivity index (χ3v) is 3.03. The van der Waals surface area contributed by atoms with Gasteiger partial charge in [-0.15, -0.1) is 0 Å². The van der Waals surface area contributed by atoms with Gasteiger partial charge in [0.25, 0.3) is 0 Å². The summed E-state index contributed by atoms with van der Waals surface area (Å²) in [6.45, 7) is 7.69. The summed E-state index contributed by atoms with van der Waals surface area (Å²) in [6.07, 6.45) is 0.826. The van der Waals surface area contributed by atoms with Gasteiger partial charge >= 0.3 is 0 Å². The van der Waals surface area contributed by atoms with E-state index in [0.29, 0.717) is 29.7 Å². The number of rotatable bonds is 10. The summed E-state index contributed by atoms with van der Waals surface area (Å²) in [6, 6.07) is 3.86. The summed E-state index contributed by atoms with van der Waals surface area (Å²) in [7, 11) is 1.62. The van der Waals surface area contributed by atoms with Crippen LogP contribution in [-0.4, -0.2) is 33.5 Å². The van der Waals surface area contributed by atoms with Gasteiger partial charge in [-0.05, 0) is 31.2 Å². The first-order valence-corrected chi connectivity index (χ1v) is 7.38. The van der Waals surface area contributed by atoms with Crippen LogP contribution in [0.25, 0.3) is 0 Å². The first-order valence-electron chi connectivity index (χ1n) is 7.00. The summed E-state index contributed by atoms with van der Waals surface area (Å²) in [5.74, 6) is 1.27. The fourth-order valence-electron chi connectivity index (χ4n) is 1.76. The molecule has 0 bridgehead atoms. The van der Waals surface area contributed by atoms with Crippen molar-refractivity contribution in [1.29, 1.82) is 0 Å². The molecule has 0 fully saturated rings. The minimum absolute atomic E-state index is 0.558. The minimum Gasteiger partial charge on any atom is -0.493 e. The molecule has 0 spiro atoms. The number of hydrogen-bond acceptors (Lipinski definition) is 4. The zero-order chi connectivity index (χ0) is 14.8. The molecule has 0 aliphatic rings. The van der Waals surface area contributed by atoms with Crippen molar-refractivity contribution in [2.45, 2.75) is 26.8 Å². The van der Waals surface area contributed by atoms with Crippen molar-refractivity contribution < 1.29 is 14.2 Å². The Hall–Kier alpha value is -0.970. The summed E-state index contributed by atoms with van der Waals surface area (Å²) < 4.78 is 16.3. The fourth-order valence-corrected chi connectivity index (χ4v) is 2.05. The minimum atomic E-state index is 0.558. The van der Waals surface area contributed by atoms with Crippen LogP contribution >= 0.6 is 11.6 Å². The van der Waals surface area contributed by atoms with E-state index in [1.807, 2.05) is 19.1 Å². The van der Waals surface area contributed by atoms with Crippen LogP contribution in [0.3, 0.4) is 0 Å². The Kier molecular flexibility index (Phi) is 8.42. The molecule has 5 heteroatoms. The van der Waals surface area contributed by atoms with Crippen LogP contribution < -0.4 is 14.8 Å². The van der Waals surface area contributed by atoms with E-state index in [-0.39, 0.29) is 0 Å². The summed E-state index contributed by atoms with van der Waals surface area (Å²) in [5.41, 5.74) is 1.08. The molecule has 0 radical (unpaired) electrons. The predicted octanol–water partition coefficient (Wildman–Crippen LogP) is 3.26. The molecule has 0 saturated carbocycles. The molecule has 0 saturated heterocycles. The zero-order valence-corrected chi connectivity index (χ0v) is 13.3. The normalized spacial score (nSPS) is 10.6. The maximum atomic E-state index is 6.27. The molecule has 20 heavy (non-hydrogen) atoms. The van der Waals surface area contributed by atoms with Crippen molar-refractivity contribution in [2.75, 3.05) is 33.5 Å². The molecular weight excluding hydrogens is 278 g/mol. The number of ether oxygens (including phenoxy) is 3. The lowest BCUT2D eigenvalue weighted by Gasteiger charge is -2.14. The Labute approximate surface area is 126 Å². The zero-order valence-electron chi connectivity index (χ0n) is 12.5. The molecule has 0 amide bonds. The van der Waals surface area contributed by atoms with Crippen LogP contribution in [0.2, 0.25) is 5.02 Å². The SMILES string of the molecule is CCNCc1cc(Cl)c(OCCCOCC)c(OC)c1. The van der Waals surface area contributed by atoms with Crippen LogP contribution in [-0.2, 0) is 11.3 Å². The second-order valence-electron chi connectivity index (χ2n) is 4.29. The molecule has 0 heterocycles. The van der Waals surface area contributed by atoms with Crippen LogP contribution in [0.1, 0.15) is 25.8 Å². The number of halogens is 1. The van der Waals surface area contributed by atoms with E-state index in [2.05, 4.69) is 12.2 Å². The molecule has 1 rings (SSSR count). The van der Waals surface area contributed by atoms with Gasteiger partial charge in [0.1, 0.15) is 0 Å². The van der Waals surface area contributed by atoms with Crippen molar-refractivity contribution in [3.05, 3.63) is 22.7 Å². The maximum absolute atomic E-state index is 6.27. The Morgan fingerprint density at radius 1 is 1.20 bits per heavy atom. The Bertz CT molecular complexity index is 399. The second kappa shape index (κ2) is 9.86. The average molecular weight is 302 g/mol. The highest BCUT2D eigenvalue weighted by Gasteiger charge is 2.11. The van der Waals surface area contributed by atoms with E-state index in [1.54, 1.807) is 7.11 Å². The quantitative estimate of drug-likeness (QED) is 0.673. The van der Waals surface area contributed by atoms with Gasteiger partial charge in [-0.25, -0.2) is 0 Å². The molecule has 1 aromatic carbocycles. The number of benzene rings is 1. The first kappa shape index (κ1) is 17.1. The molecule has 4 nitrogen and oxygen atoms in total. The molecular formula is C15H24ClNO3. The second-order valence-corrected chi connectivity index (χ2v) is 4.70. The summed E-state index contributed by atoms with van der Waals surface area (Å²) >= 11 is 6.27. The third kappa shape index (κ3) is 5.57. The highest BCUT2D eigenvalue weighted by atomic mass is 35.5. The van der Waals surface area contributed by atoms with Crippen LogP contribution in [0.4, 0.5) is 0 Å². The largest absolute Gasteiger partial charge is 0.493 e. The van der Waals surface area contributed by atoms with Crippen LogP contribution in [0, 0.1) is 0 Å². The van der Waals surface area contributed by atoms with Gasteiger partial charge in [-0.1, -0.05) is 18.5 Å². The third-order valence-electron chi connectivity index (χ3n) is 2.75. The van der Waals surface area contributed by atoms with Gasteiger partial charge in [0.05, 0.1) is 18.7 Å². The van der Waals surface area contributed by atoms with Crippen LogP contribution in [0.15, 0.2) is 12.1 Å². The highest BCUT2D eigenvalue weighted by Crippen LogP contribution is 2.36. The van der Waals surface area contributed by atoms with Crippen molar-refractivity contribution in [3.8, 4) is 11.5 Å². The van der Waals surface area contributed by atoms with E-state index < -0.39 is 0 Å². The van der Waals surface area contributed by atoms with E-state index in [1.165, 1.54) is 0 Å². The van der Waals surface area contributed by atoms with Gasteiger partial charge in [0.2, 0.25) is 0 Å². The summed E-state index contributed by atoms with van der Waals surface area (Å²) in [5, 5.41) is 3.83. The Morgan fingerprint density at radius 2 is 2.00 bits per heavy atom. The first-order chi connectivity index (χ1) is 9.72. The Balaban J connectivity index is 2.64. The van der Waals surface area contributed by atoms with Gasteiger partial charge in [0, 0.05) is 26.2 Å². The number of hydrogen-bond donors (Lipinski definition) is 1. The Morgan fingerprint density at radius 3 is 2.65 bits per heavy atom. The van der Waals surface area contributed by atoms with E-state index in [9.17, 15) is 0 Å². The van der Waals surface area contributed by atoms with Crippen molar-refractivity contribution in [1.82, 2.24) is 5.32 Å². The van der Waals surface area contributed by atoms with Crippen LogP contribution in [0.5, 0.6) is 11.5 Å². The smallest absolute Gasteiger partial charge is 0.179 e. The lowest BCUT2D eigenvalue weighted by molar-refractivity contribution is 0.130. The van der Waals surface area contributed by atoms with E-state index in [0.717, 1.165) is 31.7 Å². The van der Waals surface area contributed by atoms with Crippen molar-refractivity contribution in [3.63, 3.8) is 0 Å². The van der Waals surface area contributed by atoms with E-state index in [4.69, 9.17) is 25.8 Å². The maximum Gasteiger partial charge on any atom is 0.179 e.